The van der Waals surface area contributed by atoms with Crippen molar-refractivity contribution in [3.63, 3.8) is 0 Å². The van der Waals surface area contributed by atoms with Gasteiger partial charge in [0.1, 0.15) is 12.3 Å². The minimum atomic E-state index is -3.54. The molecular weight excluding hydrogens is 459 g/mol. The van der Waals surface area contributed by atoms with Crippen LogP contribution in [0.2, 0.25) is 0 Å². The van der Waals surface area contributed by atoms with Crippen LogP contribution in [0.1, 0.15) is 12.0 Å². The number of likely N-dealkylation sites (N-methyl/N-ethyl adjacent to an activating group) is 1. The second-order valence-electron chi connectivity index (χ2n) is 8.45. The summed E-state index contributed by atoms with van der Waals surface area (Å²) in [5.74, 6) is -0.481. The topological polar surface area (TPSA) is 103 Å². The third kappa shape index (κ3) is 5.19. The van der Waals surface area contributed by atoms with Gasteiger partial charge in [0.2, 0.25) is 13.3 Å². The quantitative estimate of drug-likeness (QED) is 0.524. The number of nitrogens with zero attached hydrogens (tertiary/aromatic N) is 4. The molecule has 1 atom stereocenters. The summed E-state index contributed by atoms with van der Waals surface area (Å²) in [5, 5.41) is 13.1. The number of hydrazine groups is 1. The van der Waals surface area contributed by atoms with Gasteiger partial charge in [0.05, 0.1) is 11.5 Å². The molecule has 0 fully saturated rings. The lowest BCUT2D eigenvalue weighted by molar-refractivity contribution is -0.143. The predicted octanol–water partition coefficient (Wildman–Crippen LogP) is 2.86. The van der Waals surface area contributed by atoms with Gasteiger partial charge in [-0.25, -0.2) is 5.01 Å². The molecule has 184 valence electrons. The van der Waals surface area contributed by atoms with E-state index in [0.717, 1.165) is 10.6 Å². The second-order valence-corrected chi connectivity index (χ2v) is 11.1. The third-order valence-corrected chi connectivity index (χ3v) is 8.20. The number of hydrogen-bond donors (Lipinski definition) is 1. The first-order chi connectivity index (χ1) is 16.0. The van der Waals surface area contributed by atoms with Gasteiger partial charge in [-0.05, 0) is 18.2 Å². The molecule has 1 unspecified atom stereocenters. The molecule has 1 N–H and O–H groups in total. The summed E-state index contributed by atoms with van der Waals surface area (Å²) in [4.78, 5) is 26.5. The molecule has 0 radical (unpaired) electrons. The maximum Gasteiger partial charge on any atom is 0.323 e. The van der Waals surface area contributed by atoms with Gasteiger partial charge in [-0.3, -0.25) is 19.2 Å². The van der Waals surface area contributed by atoms with E-state index in [1.54, 1.807) is 6.20 Å². The number of aliphatic carboxylic acids is 1. The van der Waals surface area contributed by atoms with Crippen molar-refractivity contribution in [1.29, 1.82) is 0 Å². The van der Waals surface area contributed by atoms with E-state index in [4.69, 9.17) is 14.4 Å². The molecule has 0 bridgehead atoms. The predicted molar refractivity (Wildman–Crippen MR) is 130 cm³/mol. The van der Waals surface area contributed by atoms with Crippen molar-refractivity contribution in [2.45, 2.75) is 6.42 Å². The zero-order chi connectivity index (χ0) is 25.2. The highest BCUT2D eigenvalue weighted by Gasteiger charge is 2.38. The van der Waals surface area contributed by atoms with Gasteiger partial charge in [0.25, 0.3) is 0 Å². The molecule has 0 saturated carbocycles. The fourth-order valence-electron chi connectivity index (χ4n) is 3.71. The van der Waals surface area contributed by atoms with Gasteiger partial charge in [0, 0.05) is 84.0 Å². The Morgan fingerprint density at radius 2 is 1.88 bits per heavy atom. The molecule has 2 aliphatic rings. The maximum absolute atomic E-state index is 14.2. The number of carbonyl (C=O) groups is 2. The Labute approximate surface area is 199 Å². The number of ether oxygens (including phenoxy) is 1. The molecule has 2 heterocycles. The smallest absolute Gasteiger partial charge is 0.323 e. The van der Waals surface area contributed by atoms with Crippen LogP contribution in [-0.4, -0.2) is 87.0 Å². The average molecular weight is 490 g/mol. The Balaban J connectivity index is 2.07. The number of carboxylic acids is 1. The van der Waals surface area contributed by atoms with Crippen molar-refractivity contribution in [1.82, 2.24) is 14.9 Å². The van der Waals surface area contributed by atoms with Gasteiger partial charge in [0.15, 0.2) is 5.76 Å². The number of hydrogen-bond acceptors (Lipinski definition) is 8. The van der Waals surface area contributed by atoms with Crippen molar-refractivity contribution >= 4 is 30.2 Å². The Morgan fingerprint density at radius 1 is 1.18 bits per heavy atom. The summed E-state index contributed by atoms with van der Waals surface area (Å²) in [6.45, 7) is -0.427. The van der Waals surface area contributed by atoms with Crippen LogP contribution in [0.25, 0.3) is 5.31 Å². The van der Waals surface area contributed by atoms with E-state index in [1.165, 1.54) is 14.2 Å². The van der Waals surface area contributed by atoms with Crippen molar-refractivity contribution in [3.8, 4) is 5.75 Å². The van der Waals surface area contributed by atoms with E-state index >= 15 is 0 Å². The molecule has 10 nitrogen and oxygen atoms in total. The number of rotatable bonds is 9. The molecule has 2 aliphatic heterocycles. The first-order valence-corrected chi connectivity index (χ1v) is 12.5. The van der Waals surface area contributed by atoms with Crippen LogP contribution in [0, 0.1) is 0 Å². The monoisotopic (exact) mass is 490 g/mol. The fraction of sp³-hybridized carbons (Fsp3) is 0.391. The van der Waals surface area contributed by atoms with Crippen LogP contribution in [0.4, 0.5) is 5.69 Å². The van der Waals surface area contributed by atoms with E-state index in [1.807, 2.05) is 73.6 Å². The van der Waals surface area contributed by atoms with Crippen LogP contribution >= 0.6 is 7.37 Å². The molecule has 0 saturated heterocycles. The second kappa shape index (κ2) is 10.0. The summed E-state index contributed by atoms with van der Waals surface area (Å²) in [6, 6.07) is 5.62. The molecular formula is C23H31N4O6P. The molecule has 1 aromatic carbocycles. The molecule has 34 heavy (non-hydrogen) atoms. The molecule has 1 aromatic rings. The highest BCUT2D eigenvalue weighted by atomic mass is 31.2. The summed E-state index contributed by atoms with van der Waals surface area (Å²) in [7, 11) is 6.84. The first kappa shape index (κ1) is 25.6. The molecule has 3 rings (SSSR count). The van der Waals surface area contributed by atoms with Crippen molar-refractivity contribution in [2.24, 2.45) is 0 Å². The minimum Gasteiger partial charge on any atom is -0.480 e. The number of amides is 1. The minimum absolute atomic E-state index is 0.0709. The van der Waals surface area contributed by atoms with E-state index in [-0.39, 0.29) is 12.6 Å². The normalized spacial score (nSPS) is 16.3. The van der Waals surface area contributed by atoms with Crippen molar-refractivity contribution in [3.05, 3.63) is 53.6 Å². The summed E-state index contributed by atoms with van der Waals surface area (Å²) >= 11 is 0. The van der Waals surface area contributed by atoms with Crippen LogP contribution in [0.5, 0.6) is 5.75 Å². The third-order valence-electron chi connectivity index (χ3n) is 5.64. The highest BCUT2D eigenvalue weighted by molar-refractivity contribution is 7.69. The summed E-state index contributed by atoms with van der Waals surface area (Å²) in [5.41, 5.74) is 2.17. The van der Waals surface area contributed by atoms with Crippen LogP contribution in [0.15, 0.2) is 48.0 Å². The van der Waals surface area contributed by atoms with Gasteiger partial charge in [-0.2, -0.15) is 0 Å². The van der Waals surface area contributed by atoms with E-state index in [0.29, 0.717) is 28.0 Å². The SMILES string of the molecule is COP(=O)(CCC(=O)N(C)CC(=O)O)C1=C2C=CN(N(C)C)C=C2Oc2cc(N(C)C)ccc21. The number of allylic oxidation sites excluding steroid dienone is 1. The number of carbonyl (C=O) groups excluding carboxylic acids is 1. The molecule has 11 heteroatoms. The lowest BCUT2D eigenvalue weighted by Crippen LogP contribution is -2.32. The zero-order valence-corrected chi connectivity index (χ0v) is 21.2. The van der Waals surface area contributed by atoms with E-state index in [9.17, 15) is 14.2 Å². The fourth-order valence-corrected chi connectivity index (χ4v) is 5.89. The summed E-state index contributed by atoms with van der Waals surface area (Å²) < 4.78 is 26.1. The molecule has 0 spiro atoms. The zero-order valence-electron chi connectivity index (χ0n) is 20.3. The maximum atomic E-state index is 14.2. The van der Waals surface area contributed by atoms with Crippen molar-refractivity contribution < 1.29 is 28.5 Å². The Kier molecular flexibility index (Phi) is 7.55. The van der Waals surface area contributed by atoms with Crippen molar-refractivity contribution in [2.75, 3.05) is 60.0 Å². The molecule has 1 amide bonds. The van der Waals surface area contributed by atoms with E-state index < -0.39 is 25.8 Å². The van der Waals surface area contributed by atoms with E-state index in [2.05, 4.69) is 0 Å². The van der Waals surface area contributed by atoms with Gasteiger partial charge in [-0.15, -0.1) is 0 Å². The van der Waals surface area contributed by atoms with Crippen LogP contribution in [0.3, 0.4) is 0 Å². The number of anilines is 1. The van der Waals surface area contributed by atoms with Gasteiger partial charge in [-0.1, -0.05) is 0 Å². The highest BCUT2D eigenvalue weighted by Crippen LogP contribution is 2.64. The number of fused-ring (bicyclic) bond motifs is 2. The van der Waals surface area contributed by atoms with Crippen LogP contribution in [-0.2, 0) is 18.7 Å². The lowest BCUT2D eigenvalue weighted by Gasteiger charge is -2.34. The van der Waals surface area contributed by atoms with Gasteiger partial charge >= 0.3 is 5.97 Å². The van der Waals surface area contributed by atoms with Gasteiger partial charge < -0.3 is 24.2 Å². The number of carboxylic acid groups (broad SMARTS) is 1. The Bertz CT molecular complexity index is 1120. The first-order valence-electron chi connectivity index (χ1n) is 10.7. The summed E-state index contributed by atoms with van der Waals surface area (Å²) in [6.07, 6.45) is 5.25. The standard InChI is InChI=1S/C23H31N4O6P/c1-24(2)16-7-8-17-19(13-16)33-20-14-27(25(3)4)11-9-18(20)23(17)34(31,32-6)12-10-21(28)26(5)15-22(29)30/h7-9,11,13-14H,10,12,15H2,1-6H3,(H,29,30). The lowest BCUT2D eigenvalue weighted by atomic mass is 10.0. The Morgan fingerprint density at radius 3 is 2.47 bits per heavy atom. The largest absolute Gasteiger partial charge is 0.480 e. The molecule has 0 aromatic heterocycles. The average Bonchev–Trinajstić information content (AvgIpc) is 2.79. The Hall–Kier alpha value is -3.07. The molecule has 0 aliphatic carbocycles. The number of benzene rings is 1. The van der Waals surface area contributed by atoms with Crippen LogP contribution < -0.4 is 9.64 Å².